The number of likely N-dealkylation sites (tertiary alicyclic amines) is 1. The summed E-state index contributed by atoms with van der Waals surface area (Å²) in [5, 5.41) is 0. The molecule has 170 valence electrons. The molecule has 0 unspecified atom stereocenters. The molecule has 2 amide bonds. The van der Waals surface area contributed by atoms with Crippen LogP contribution in [0.5, 0.6) is 0 Å². The molecule has 8 nitrogen and oxygen atoms in total. The average Bonchev–Trinajstić information content (AvgIpc) is 3.21. The SMILES string of the molecule is CN1CCN(S(=O)(=O)c2ccc3c(c2)CCN3C(=O)CCC(=O)N2CCCCC2)CC1. The largest absolute Gasteiger partial charge is 0.343 e. The molecule has 2 fully saturated rings. The molecule has 4 rings (SSSR count). The van der Waals surface area contributed by atoms with Crippen molar-refractivity contribution in [3.63, 3.8) is 0 Å². The van der Waals surface area contributed by atoms with Crippen molar-refractivity contribution in [2.45, 2.75) is 43.4 Å². The number of rotatable bonds is 5. The van der Waals surface area contributed by atoms with Gasteiger partial charge in [-0.1, -0.05) is 0 Å². The minimum absolute atomic E-state index is 0.0566. The summed E-state index contributed by atoms with van der Waals surface area (Å²) in [7, 11) is -1.53. The molecule has 0 saturated carbocycles. The second kappa shape index (κ2) is 9.26. The summed E-state index contributed by atoms with van der Waals surface area (Å²) in [6, 6.07) is 5.07. The van der Waals surface area contributed by atoms with Gasteiger partial charge < -0.3 is 14.7 Å². The van der Waals surface area contributed by atoms with Crippen LogP contribution in [0.1, 0.15) is 37.7 Å². The van der Waals surface area contributed by atoms with E-state index in [0.29, 0.717) is 31.0 Å². The number of likely N-dealkylation sites (N-methyl/N-ethyl adjacent to an activating group) is 1. The minimum atomic E-state index is -3.53. The van der Waals surface area contributed by atoms with Crippen LogP contribution in [0.4, 0.5) is 5.69 Å². The normalized spacial score (nSPS) is 20.7. The van der Waals surface area contributed by atoms with Gasteiger partial charge in [-0.25, -0.2) is 8.42 Å². The van der Waals surface area contributed by atoms with Gasteiger partial charge in [0.25, 0.3) is 0 Å². The monoisotopic (exact) mass is 448 g/mol. The van der Waals surface area contributed by atoms with Crippen molar-refractivity contribution in [2.24, 2.45) is 0 Å². The summed E-state index contributed by atoms with van der Waals surface area (Å²) in [6.45, 7) is 4.56. The first kappa shape index (κ1) is 22.2. The Balaban J connectivity index is 1.40. The number of amides is 2. The highest BCUT2D eigenvalue weighted by molar-refractivity contribution is 7.89. The van der Waals surface area contributed by atoms with Gasteiger partial charge in [-0.15, -0.1) is 0 Å². The molecule has 9 heteroatoms. The Bertz CT molecular complexity index is 935. The Hall–Kier alpha value is -1.97. The number of hydrogen-bond acceptors (Lipinski definition) is 5. The van der Waals surface area contributed by atoms with E-state index in [1.165, 1.54) is 6.42 Å². The molecule has 1 aromatic carbocycles. The third-order valence-electron chi connectivity index (χ3n) is 6.61. The molecule has 0 radical (unpaired) electrons. The molecular formula is C22H32N4O4S. The van der Waals surface area contributed by atoms with Crippen LogP contribution in [0.3, 0.4) is 0 Å². The topological polar surface area (TPSA) is 81.2 Å². The van der Waals surface area contributed by atoms with Crippen molar-refractivity contribution in [3.8, 4) is 0 Å². The van der Waals surface area contributed by atoms with Crippen LogP contribution in [0.2, 0.25) is 0 Å². The van der Waals surface area contributed by atoms with Crippen molar-refractivity contribution in [3.05, 3.63) is 23.8 Å². The number of benzene rings is 1. The minimum Gasteiger partial charge on any atom is -0.343 e. The number of fused-ring (bicyclic) bond motifs is 1. The van der Waals surface area contributed by atoms with E-state index in [1.54, 1.807) is 27.4 Å². The molecule has 0 aliphatic carbocycles. The van der Waals surface area contributed by atoms with E-state index in [4.69, 9.17) is 0 Å². The van der Waals surface area contributed by atoms with E-state index in [2.05, 4.69) is 4.90 Å². The lowest BCUT2D eigenvalue weighted by atomic mass is 10.1. The molecule has 0 bridgehead atoms. The highest BCUT2D eigenvalue weighted by Gasteiger charge is 2.31. The first-order valence-electron chi connectivity index (χ1n) is 11.3. The predicted molar refractivity (Wildman–Crippen MR) is 118 cm³/mol. The lowest BCUT2D eigenvalue weighted by Gasteiger charge is -2.31. The lowest BCUT2D eigenvalue weighted by Crippen LogP contribution is -2.47. The fraction of sp³-hybridized carbons (Fsp3) is 0.636. The van der Waals surface area contributed by atoms with Crippen molar-refractivity contribution < 1.29 is 18.0 Å². The van der Waals surface area contributed by atoms with Crippen LogP contribution in [0.25, 0.3) is 0 Å². The van der Waals surface area contributed by atoms with Crippen molar-refractivity contribution in [1.82, 2.24) is 14.1 Å². The van der Waals surface area contributed by atoms with Gasteiger partial charge in [-0.2, -0.15) is 4.31 Å². The summed E-state index contributed by atoms with van der Waals surface area (Å²) in [5.74, 6) is -0.0140. The predicted octanol–water partition coefficient (Wildman–Crippen LogP) is 1.30. The Labute approximate surface area is 184 Å². The fourth-order valence-corrected chi connectivity index (χ4v) is 6.10. The first-order valence-corrected chi connectivity index (χ1v) is 12.7. The number of sulfonamides is 1. The molecule has 0 spiro atoms. The van der Waals surface area contributed by atoms with Crippen LogP contribution in [0, 0.1) is 0 Å². The second-order valence-electron chi connectivity index (χ2n) is 8.73. The zero-order valence-electron chi connectivity index (χ0n) is 18.3. The number of piperazine rings is 1. The Morgan fingerprint density at radius 1 is 0.871 bits per heavy atom. The van der Waals surface area contributed by atoms with Crippen LogP contribution >= 0.6 is 0 Å². The highest BCUT2D eigenvalue weighted by atomic mass is 32.2. The lowest BCUT2D eigenvalue weighted by molar-refractivity contribution is -0.133. The number of nitrogens with zero attached hydrogens (tertiary/aromatic N) is 4. The van der Waals surface area contributed by atoms with E-state index >= 15 is 0 Å². The fourth-order valence-electron chi connectivity index (χ4n) is 4.63. The van der Waals surface area contributed by atoms with Gasteiger partial charge in [0.1, 0.15) is 0 Å². The van der Waals surface area contributed by atoms with E-state index < -0.39 is 10.0 Å². The van der Waals surface area contributed by atoms with Gasteiger partial charge >= 0.3 is 0 Å². The smallest absolute Gasteiger partial charge is 0.243 e. The molecule has 2 saturated heterocycles. The molecule has 3 heterocycles. The molecule has 3 aliphatic heterocycles. The second-order valence-corrected chi connectivity index (χ2v) is 10.7. The molecule has 1 aromatic rings. The maximum Gasteiger partial charge on any atom is 0.243 e. The van der Waals surface area contributed by atoms with Gasteiger partial charge in [0, 0.05) is 64.3 Å². The molecule has 0 aromatic heterocycles. The quantitative estimate of drug-likeness (QED) is 0.678. The van der Waals surface area contributed by atoms with Gasteiger partial charge in [0.15, 0.2) is 0 Å². The van der Waals surface area contributed by atoms with Crippen LogP contribution in [0.15, 0.2) is 23.1 Å². The van der Waals surface area contributed by atoms with Crippen molar-refractivity contribution >= 4 is 27.5 Å². The summed E-state index contributed by atoms with van der Waals surface area (Å²) >= 11 is 0. The molecule has 31 heavy (non-hydrogen) atoms. The summed E-state index contributed by atoms with van der Waals surface area (Å²) in [4.78, 5) is 31.1. The maximum absolute atomic E-state index is 13.0. The number of carbonyl (C=O) groups is 2. The van der Waals surface area contributed by atoms with E-state index in [-0.39, 0.29) is 24.7 Å². The van der Waals surface area contributed by atoms with Crippen molar-refractivity contribution in [2.75, 3.05) is 57.8 Å². The van der Waals surface area contributed by atoms with Gasteiger partial charge in [-0.05, 0) is 56.5 Å². The number of piperidine rings is 1. The van der Waals surface area contributed by atoms with Gasteiger partial charge in [0.2, 0.25) is 21.8 Å². The van der Waals surface area contributed by atoms with Crippen LogP contribution in [-0.4, -0.2) is 87.2 Å². The molecule has 0 N–H and O–H groups in total. The Kier molecular flexibility index (Phi) is 6.64. The van der Waals surface area contributed by atoms with Gasteiger partial charge in [0.05, 0.1) is 4.90 Å². The van der Waals surface area contributed by atoms with Gasteiger partial charge in [-0.3, -0.25) is 9.59 Å². The summed E-state index contributed by atoms with van der Waals surface area (Å²) < 4.78 is 27.6. The number of carbonyl (C=O) groups excluding carboxylic acids is 2. The third kappa shape index (κ3) is 4.78. The molecule has 3 aliphatic rings. The van der Waals surface area contributed by atoms with E-state index in [1.807, 2.05) is 11.9 Å². The summed E-state index contributed by atoms with van der Waals surface area (Å²) in [6.07, 6.45) is 4.31. The van der Waals surface area contributed by atoms with Crippen LogP contribution in [-0.2, 0) is 26.0 Å². The maximum atomic E-state index is 13.0. The Morgan fingerprint density at radius 3 is 2.26 bits per heavy atom. The first-order chi connectivity index (χ1) is 14.9. The summed E-state index contributed by atoms with van der Waals surface area (Å²) in [5.41, 5.74) is 1.65. The van der Waals surface area contributed by atoms with Crippen molar-refractivity contribution in [1.29, 1.82) is 0 Å². The number of anilines is 1. The highest BCUT2D eigenvalue weighted by Crippen LogP contribution is 2.32. The molecular weight excluding hydrogens is 416 g/mol. The average molecular weight is 449 g/mol. The number of hydrogen-bond donors (Lipinski definition) is 0. The molecule has 0 atom stereocenters. The third-order valence-corrected chi connectivity index (χ3v) is 8.50. The zero-order chi connectivity index (χ0) is 22.0. The standard InChI is InChI=1S/C22H32N4O4S/c1-23-13-15-25(16-14-23)31(29,30)19-5-6-20-18(17-19)9-12-26(20)22(28)8-7-21(27)24-10-3-2-4-11-24/h5-6,17H,2-4,7-16H2,1H3. The zero-order valence-corrected chi connectivity index (χ0v) is 19.1. The van der Waals surface area contributed by atoms with Crippen LogP contribution < -0.4 is 4.90 Å². The Morgan fingerprint density at radius 2 is 1.55 bits per heavy atom. The van der Waals surface area contributed by atoms with E-state index in [9.17, 15) is 18.0 Å². The van der Waals surface area contributed by atoms with E-state index in [0.717, 1.165) is 50.3 Å².